The molecule has 0 spiro atoms. The van der Waals surface area contributed by atoms with E-state index in [9.17, 15) is 19.1 Å². The van der Waals surface area contributed by atoms with Crippen molar-refractivity contribution in [2.75, 3.05) is 13.4 Å². The minimum atomic E-state index is -3.38. The van der Waals surface area contributed by atoms with E-state index in [2.05, 4.69) is 4.52 Å². The van der Waals surface area contributed by atoms with E-state index in [-0.39, 0.29) is 5.75 Å². The summed E-state index contributed by atoms with van der Waals surface area (Å²) in [6, 6.07) is 2.88. The lowest BCUT2D eigenvalue weighted by Gasteiger charge is -2.14. The molecule has 0 heterocycles. The van der Waals surface area contributed by atoms with Gasteiger partial charge in [-0.1, -0.05) is 0 Å². The summed E-state index contributed by atoms with van der Waals surface area (Å²) in [6.07, 6.45) is 1.51. The van der Waals surface area contributed by atoms with Gasteiger partial charge in [-0.25, -0.2) is 4.57 Å². The normalized spacial score (nSPS) is 14.1. The van der Waals surface area contributed by atoms with Crippen molar-refractivity contribution in [3.8, 4) is 5.75 Å². The van der Waals surface area contributed by atoms with Gasteiger partial charge < -0.3 is 4.52 Å². The van der Waals surface area contributed by atoms with Gasteiger partial charge in [-0.3, -0.25) is 14.6 Å². The first-order chi connectivity index (χ1) is 7.91. The largest absolute Gasteiger partial charge is 0.439 e. The summed E-state index contributed by atoms with van der Waals surface area (Å²) in [5.74, 6) is -1.15. The lowest BCUT2D eigenvalue weighted by Crippen LogP contribution is -1.95. The van der Waals surface area contributed by atoms with Crippen LogP contribution in [0.2, 0.25) is 0 Å². The third kappa shape index (κ3) is 3.42. The molecule has 9 heteroatoms. The zero-order chi connectivity index (χ0) is 13.1. The Bertz CT molecular complexity index is 475. The van der Waals surface area contributed by atoms with Gasteiger partial charge in [0.05, 0.1) is 4.92 Å². The molecule has 0 amide bonds. The van der Waals surface area contributed by atoms with Crippen molar-refractivity contribution in [2.45, 2.75) is 0 Å². The number of hydrogen-bond donors (Lipinski definition) is 0. The zero-order valence-corrected chi connectivity index (χ0v) is 10.7. The van der Waals surface area contributed by atoms with Gasteiger partial charge in [0.15, 0.2) is 0 Å². The van der Waals surface area contributed by atoms with Gasteiger partial charge in [0.25, 0.3) is 0 Å². The molecule has 0 N–H and O–H groups in total. The first kappa shape index (κ1) is 14.0. The molecule has 6 nitrogen and oxygen atoms in total. The Kier molecular flexibility index (Phi) is 4.50. The van der Waals surface area contributed by atoms with Gasteiger partial charge in [0.1, 0.15) is 5.75 Å². The number of nitrogens with zero attached hydrogens (tertiary/aromatic N) is 1. The number of nitro benzene ring substituents is 1. The molecule has 0 aliphatic rings. The smallest absolute Gasteiger partial charge is 0.417 e. The highest BCUT2D eigenvalue weighted by Crippen LogP contribution is 2.58. The van der Waals surface area contributed by atoms with Crippen LogP contribution in [0.3, 0.4) is 0 Å². The number of benzene rings is 1. The van der Waals surface area contributed by atoms with Crippen molar-refractivity contribution in [1.82, 2.24) is 0 Å². The number of halogens is 1. The Morgan fingerprint density at radius 1 is 1.53 bits per heavy atom. The number of hydrogen-bond acceptors (Lipinski definition) is 6. The Balaban J connectivity index is 2.99. The van der Waals surface area contributed by atoms with E-state index in [4.69, 9.17) is 4.52 Å². The van der Waals surface area contributed by atoms with Crippen LogP contribution in [-0.4, -0.2) is 18.3 Å². The quantitative estimate of drug-likeness (QED) is 0.468. The molecule has 0 saturated heterocycles. The molecule has 94 valence electrons. The summed E-state index contributed by atoms with van der Waals surface area (Å²) in [6.45, 7) is -3.38. The molecule has 1 rings (SSSR count). The van der Waals surface area contributed by atoms with Crippen LogP contribution in [0, 0.1) is 15.9 Å². The van der Waals surface area contributed by atoms with Gasteiger partial charge in [-0.15, -0.1) is 0 Å². The highest BCUT2D eigenvalue weighted by molar-refractivity contribution is 8.54. The molecule has 17 heavy (non-hydrogen) atoms. The van der Waals surface area contributed by atoms with E-state index in [0.717, 1.165) is 29.6 Å². The van der Waals surface area contributed by atoms with Crippen molar-refractivity contribution in [3.05, 3.63) is 34.1 Å². The third-order valence-corrected chi connectivity index (χ3v) is 5.12. The van der Waals surface area contributed by atoms with Crippen LogP contribution in [0.25, 0.3) is 0 Å². The average Bonchev–Trinajstić information content (AvgIpc) is 2.28. The SMILES string of the molecule is COP(=O)(Oc1ccc([N+](=O)[O-])c(F)c1)SC. The second-order valence-electron chi connectivity index (χ2n) is 2.77. The molecule has 1 aromatic carbocycles. The molecular weight excluding hydrogens is 272 g/mol. The van der Waals surface area contributed by atoms with Crippen molar-refractivity contribution in [1.29, 1.82) is 0 Å². The molecule has 0 bridgehead atoms. The van der Waals surface area contributed by atoms with Crippen molar-refractivity contribution in [3.63, 3.8) is 0 Å². The fourth-order valence-corrected chi connectivity index (χ4v) is 2.57. The molecule has 0 fully saturated rings. The van der Waals surface area contributed by atoms with Crippen LogP contribution in [0.5, 0.6) is 5.75 Å². The van der Waals surface area contributed by atoms with Gasteiger partial charge >= 0.3 is 12.5 Å². The summed E-state index contributed by atoms with van der Waals surface area (Å²) in [5, 5.41) is 10.4. The minimum absolute atomic E-state index is 0.0902. The fourth-order valence-electron chi connectivity index (χ4n) is 0.971. The third-order valence-electron chi connectivity index (χ3n) is 1.78. The minimum Gasteiger partial charge on any atom is -0.417 e. The predicted molar refractivity (Wildman–Crippen MR) is 61.8 cm³/mol. The maximum absolute atomic E-state index is 13.2. The molecule has 1 aromatic rings. The Morgan fingerprint density at radius 3 is 2.59 bits per heavy atom. The summed E-state index contributed by atoms with van der Waals surface area (Å²) in [7, 11) is 1.19. The van der Waals surface area contributed by atoms with Gasteiger partial charge in [-0.05, 0) is 23.7 Å². The lowest BCUT2D eigenvalue weighted by atomic mass is 10.3. The van der Waals surface area contributed by atoms with Crippen molar-refractivity contribution in [2.24, 2.45) is 0 Å². The topological polar surface area (TPSA) is 78.7 Å². The highest BCUT2D eigenvalue weighted by atomic mass is 32.7. The standard InChI is InChI=1S/C8H9FNO5PS/c1-14-16(13,17-2)15-6-3-4-8(10(11)12)7(9)5-6/h3-5H,1-2H3. The van der Waals surface area contributed by atoms with Crippen LogP contribution in [0.15, 0.2) is 18.2 Å². The molecule has 1 atom stereocenters. The predicted octanol–water partition coefficient (Wildman–Crippen LogP) is 3.23. The zero-order valence-electron chi connectivity index (χ0n) is 8.95. The molecule has 0 saturated carbocycles. The second kappa shape index (κ2) is 5.48. The first-order valence-corrected chi connectivity index (χ1v) is 7.64. The fraction of sp³-hybridized carbons (Fsp3) is 0.250. The van der Waals surface area contributed by atoms with Gasteiger partial charge in [0.2, 0.25) is 5.82 Å². The monoisotopic (exact) mass is 281 g/mol. The summed E-state index contributed by atoms with van der Waals surface area (Å²) in [5.41, 5.74) is -0.672. The molecule has 1 unspecified atom stereocenters. The van der Waals surface area contributed by atoms with E-state index in [1.54, 1.807) is 0 Å². The summed E-state index contributed by atoms with van der Waals surface area (Å²) >= 11 is 0.838. The van der Waals surface area contributed by atoms with Crippen LogP contribution >= 0.6 is 18.2 Å². The number of rotatable bonds is 5. The molecule has 0 aliphatic heterocycles. The Hall–Kier alpha value is -1.11. The van der Waals surface area contributed by atoms with E-state index < -0.39 is 23.2 Å². The average molecular weight is 281 g/mol. The molecule has 0 aliphatic carbocycles. The Morgan fingerprint density at radius 2 is 2.18 bits per heavy atom. The molecule has 0 aromatic heterocycles. The van der Waals surface area contributed by atoms with E-state index >= 15 is 0 Å². The first-order valence-electron chi connectivity index (χ1n) is 4.27. The lowest BCUT2D eigenvalue weighted by molar-refractivity contribution is -0.387. The summed E-state index contributed by atoms with van der Waals surface area (Å²) < 4.78 is 34.5. The van der Waals surface area contributed by atoms with Crippen LogP contribution in [0.1, 0.15) is 0 Å². The van der Waals surface area contributed by atoms with E-state index in [1.807, 2.05) is 0 Å². The Labute approximate surface area is 101 Å². The van der Waals surface area contributed by atoms with Gasteiger partial charge in [0, 0.05) is 19.2 Å². The number of nitro groups is 1. The van der Waals surface area contributed by atoms with Crippen LogP contribution in [-0.2, 0) is 9.09 Å². The van der Waals surface area contributed by atoms with Crippen LogP contribution in [0.4, 0.5) is 10.1 Å². The van der Waals surface area contributed by atoms with E-state index in [1.165, 1.54) is 13.4 Å². The van der Waals surface area contributed by atoms with Gasteiger partial charge in [-0.2, -0.15) is 4.39 Å². The highest BCUT2D eigenvalue weighted by Gasteiger charge is 2.24. The van der Waals surface area contributed by atoms with Crippen molar-refractivity contribution < 1.29 is 22.9 Å². The summed E-state index contributed by atoms with van der Waals surface area (Å²) in [4.78, 5) is 9.51. The molecular formula is C8H9FNO5PS. The maximum Gasteiger partial charge on any atom is 0.439 e. The van der Waals surface area contributed by atoms with Crippen LogP contribution < -0.4 is 4.52 Å². The maximum atomic E-state index is 13.2. The second-order valence-corrected chi connectivity index (χ2v) is 7.02. The van der Waals surface area contributed by atoms with E-state index in [0.29, 0.717) is 0 Å². The van der Waals surface area contributed by atoms with Crippen molar-refractivity contribution >= 4 is 23.9 Å². The molecule has 0 radical (unpaired) electrons.